The van der Waals surface area contributed by atoms with Gasteiger partial charge in [0.2, 0.25) is 0 Å². The lowest BCUT2D eigenvalue weighted by Gasteiger charge is -2.07. The van der Waals surface area contributed by atoms with Crippen LogP contribution in [0.5, 0.6) is 0 Å². The topological polar surface area (TPSA) is 87.9 Å². The maximum absolute atomic E-state index is 13.7. The highest BCUT2D eigenvalue weighted by Crippen LogP contribution is 2.34. The van der Waals surface area contributed by atoms with Gasteiger partial charge in [0.05, 0.1) is 0 Å². The van der Waals surface area contributed by atoms with E-state index >= 15 is 0 Å². The molecule has 0 aliphatic carbocycles. The van der Waals surface area contributed by atoms with Crippen molar-refractivity contribution in [3.63, 3.8) is 0 Å². The molecule has 1 heterocycles. The van der Waals surface area contributed by atoms with E-state index in [0.717, 1.165) is 16.5 Å². The third-order valence-corrected chi connectivity index (χ3v) is 3.95. The summed E-state index contributed by atoms with van der Waals surface area (Å²) in [5, 5.41) is 4.47. The molecule has 0 radical (unpaired) electrons. The number of hydrogen-bond donors (Lipinski definition) is 1. The molecule has 0 saturated carbocycles. The summed E-state index contributed by atoms with van der Waals surface area (Å²) < 4.78 is 19.7. The van der Waals surface area contributed by atoms with Crippen molar-refractivity contribution in [1.29, 1.82) is 0 Å². The van der Waals surface area contributed by atoms with Gasteiger partial charge in [-0.3, -0.25) is 0 Å². The third kappa shape index (κ3) is 3.11. The third-order valence-electron chi connectivity index (χ3n) is 3.95. The van der Waals surface area contributed by atoms with Crippen molar-refractivity contribution in [2.24, 2.45) is 10.8 Å². The van der Waals surface area contributed by atoms with E-state index in [1.807, 2.05) is 31.2 Å². The minimum Gasteiger partial charge on any atom is -0.456 e. The van der Waals surface area contributed by atoms with Crippen LogP contribution in [0.2, 0.25) is 0 Å². The molecular weight excluding hydrogens is 307 g/mol. The zero-order valence-corrected chi connectivity index (χ0v) is 13.2. The number of halogens is 1. The van der Waals surface area contributed by atoms with Gasteiger partial charge >= 0.3 is 0 Å². The smallest absolute Gasteiger partial charge is 0.139 e. The fourth-order valence-electron chi connectivity index (χ4n) is 2.79. The molecule has 3 aromatic rings. The number of benzene rings is 2. The highest BCUT2D eigenvalue weighted by molar-refractivity contribution is 5.86. The monoisotopic (exact) mass is 324 g/mol. The molecule has 0 saturated heterocycles. The molecule has 0 aliphatic heterocycles. The van der Waals surface area contributed by atoms with Gasteiger partial charge in [-0.1, -0.05) is 29.4 Å². The van der Waals surface area contributed by atoms with Crippen LogP contribution in [0.1, 0.15) is 24.1 Å². The van der Waals surface area contributed by atoms with Gasteiger partial charge < -0.3 is 10.2 Å². The molecule has 0 aliphatic rings. The predicted octanol–water partition coefficient (Wildman–Crippen LogP) is 5.11. The molecule has 122 valence electrons. The molecule has 1 unspecified atom stereocenters. The van der Waals surface area contributed by atoms with Crippen LogP contribution in [0.4, 0.5) is 4.39 Å². The molecule has 6 heteroatoms. The molecule has 1 aromatic heterocycles. The first-order valence-corrected chi connectivity index (χ1v) is 7.68. The van der Waals surface area contributed by atoms with Gasteiger partial charge in [0.25, 0.3) is 0 Å². The normalized spacial score (nSPS) is 12.1. The molecule has 3 rings (SSSR count). The Hall–Kier alpha value is -2.82. The zero-order chi connectivity index (χ0) is 17.1. The minimum atomic E-state index is -0.342. The highest BCUT2D eigenvalue weighted by Gasteiger charge is 2.15. The molecule has 0 fully saturated rings. The van der Waals surface area contributed by atoms with Gasteiger partial charge in [-0.15, -0.1) is 0 Å². The van der Waals surface area contributed by atoms with Crippen LogP contribution in [0.25, 0.3) is 32.7 Å². The average molecular weight is 324 g/mol. The first-order valence-electron chi connectivity index (χ1n) is 7.68. The van der Waals surface area contributed by atoms with Crippen molar-refractivity contribution in [2.75, 3.05) is 6.54 Å². The molecule has 24 heavy (non-hydrogen) atoms. The number of furan rings is 1. The summed E-state index contributed by atoms with van der Waals surface area (Å²) in [5.74, 6) is 0.235. The van der Waals surface area contributed by atoms with Gasteiger partial charge in [-0.2, -0.15) is 0 Å². The summed E-state index contributed by atoms with van der Waals surface area (Å²) in [7, 11) is 0. The molecule has 0 bridgehead atoms. The summed E-state index contributed by atoms with van der Waals surface area (Å²) in [5.41, 5.74) is 17.6. The van der Waals surface area contributed by atoms with E-state index < -0.39 is 0 Å². The van der Waals surface area contributed by atoms with E-state index in [0.29, 0.717) is 29.9 Å². The lowest BCUT2D eigenvalue weighted by molar-refractivity contribution is 0.611. The first-order chi connectivity index (χ1) is 11.6. The summed E-state index contributed by atoms with van der Waals surface area (Å²) in [4.78, 5) is 2.75. The maximum Gasteiger partial charge on any atom is 0.139 e. The Bertz CT molecular complexity index is 926. The first kappa shape index (κ1) is 16.1. The lowest BCUT2D eigenvalue weighted by Crippen LogP contribution is -2.04. The lowest BCUT2D eigenvalue weighted by atomic mass is 10.0. The molecule has 2 aromatic carbocycles. The predicted molar refractivity (Wildman–Crippen MR) is 91.9 cm³/mol. The fraction of sp³-hybridized carbons (Fsp3) is 0.222. The summed E-state index contributed by atoms with van der Waals surface area (Å²) >= 11 is 0. The van der Waals surface area contributed by atoms with Crippen molar-refractivity contribution in [2.45, 2.75) is 19.4 Å². The summed E-state index contributed by atoms with van der Waals surface area (Å²) in [6.07, 6.45) is 0.511. The van der Waals surface area contributed by atoms with E-state index in [1.165, 1.54) is 12.1 Å². The molecular formula is C18H17FN4O. The average Bonchev–Trinajstić information content (AvgIpc) is 3.00. The number of para-hydroxylation sites is 1. The molecule has 0 amide bonds. The fourth-order valence-corrected chi connectivity index (χ4v) is 2.79. The van der Waals surface area contributed by atoms with Crippen molar-refractivity contribution >= 4 is 11.0 Å². The van der Waals surface area contributed by atoms with Crippen molar-refractivity contribution in [1.82, 2.24) is 0 Å². The van der Waals surface area contributed by atoms with Crippen molar-refractivity contribution in [3.05, 3.63) is 69.9 Å². The number of azide groups is 1. The van der Waals surface area contributed by atoms with Gasteiger partial charge in [0.15, 0.2) is 0 Å². The Balaban J connectivity index is 2.11. The van der Waals surface area contributed by atoms with Gasteiger partial charge in [0, 0.05) is 34.0 Å². The van der Waals surface area contributed by atoms with E-state index in [2.05, 4.69) is 10.0 Å². The van der Waals surface area contributed by atoms with Gasteiger partial charge in [-0.25, -0.2) is 4.39 Å². The molecule has 2 N–H and O–H groups in total. The molecule has 0 spiro atoms. The van der Waals surface area contributed by atoms with Crippen LogP contribution < -0.4 is 5.73 Å². The Morgan fingerprint density at radius 1 is 1.29 bits per heavy atom. The Kier molecular flexibility index (Phi) is 4.51. The van der Waals surface area contributed by atoms with E-state index in [9.17, 15) is 4.39 Å². The SMILES string of the molecule is CC(N)c1cccc2cc(-c3cc(F)ccc3CCN=[N+]=[N-])oc12. The number of nitrogens with two attached hydrogens (primary N) is 1. The van der Waals surface area contributed by atoms with E-state index in [-0.39, 0.29) is 11.9 Å². The van der Waals surface area contributed by atoms with E-state index in [1.54, 1.807) is 6.07 Å². The van der Waals surface area contributed by atoms with Crippen LogP contribution in [0.3, 0.4) is 0 Å². The zero-order valence-electron chi connectivity index (χ0n) is 13.2. The number of nitrogens with zero attached hydrogens (tertiary/aromatic N) is 3. The minimum absolute atomic E-state index is 0.162. The van der Waals surface area contributed by atoms with Crippen LogP contribution in [0, 0.1) is 5.82 Å². The number of hydrogen-bond acceptors (Lipinski definition) is 3. The van der Waals surface area contributed by atoms with Crippen LogP contribution in [-0.2, 0) is 6.42 Å². The molecule has 5 nitrogen and oxygen atoms in total. The number of fused-ring (bicyclic) bond motifs is 1. The standard InChI is InChI=1S/C18H17FN4O/c1-11(20)15-4-2-3-13-9-17(24-18(13)15)16-10-14(19)6-5-12(16)7-8-22-23-21/h2-6,9-11H,7-8,20H2,1H3. The number of rotatable bonds is 5. The van der Waals surface area contributed by atoms with Crippen molar-refractivity contribution < 1.29 is 8.81 Å². The van der Waals surface area contributed by atoms with Gasteiger partial charge in [-0.05, 0) is 42.6 Å². The van der Waals surface area contributed by atoms with E-state index in [4.69, 9.17) is 15.7 Å². The molecule has 1 atom stereocenters. The van der Waals surface area contributed by atoms with Gasteiger partial charge in [0.1, 0.15) is 17.2 Å². The Morgan fingerprint density at radius 2 is 2.12 bits per heavy atom. The van der Waals surface area contributed by atoms with Crippen LogP contribution in [0.15, 0.2) is 52.0 Å². The van der Waals surface area contributed by atoms with Crippen molar-refractivity contribution in [3.8, 4) is 11.3 Å². The Morgan fingerprint density at radius 3 is 2.88 bits per heavy atom. The summed E-state index contributed by atoms with van der Waals surface area (Å²) in [6.45, 7) is 2.20. The quantitative estimate of drug-likeness (QED) is 0.401. The second-order valence-electron chi connectivity index (χ2n) is 5.67. The second-order valence-corrected chi connectivity index (χ2v) is 5.67. The largest absolute Gasteiger partial charge is 0.456 e. The summed E-state index contributed by atoms with van der Waals surface area (Å²) in [6, 6.07) is 12.0. The van der Waals surface area contributed by atoms with Crippen LogP contribution >= 0.6 is 0 Å². The Labute approximate surface area is 138 Å². The van der Waals surface area contributed by atoms with Crippen LogP contribution in [-0.4, -0.2) is 6.54 Å². The highest BCUT2D eigenvalue weighted by atomic mass is 19.1. The second kappa shape index (κ2) is 6.74. The maximum atomic E-state index is 13.7.